The highest BCUT2D eigenvalue weighted by Gasteiger charge is 2.25. The van der Waals surface area contributed by atoms with Crippen LogP contribution in [0.1, 0.15) is 27.7 Å². The third kappa shape index (κ3) is 5.66. The lowest BCUT2D eigenvalue weighted by Crippen LogP contribution is -2.14. The molecule has 1 aliphatic rings. The lowest BCUT2D eigenvalue weighted by atomic mass is 9.99. The second-order valence-corrected chi connectivity index (χ2v) is 16.0. The number of aryl methyl sites for hydroxylation is 3. The van der Waals surface area contributed by atoms with E-state index in [2.05, 4.69) is 114 Å². The van der Waals surface area contributed by atoms with Crippen LogP contribution in [0.4, 0.5) is 11.4 Å². The van der Waals surface area contributed by atoms with Crippen LogP contribution in [0.25, 0.3) is 82.1 Å². The molecular formula is C57H42N4O. The molecule has 0 aliphatic carbocycles. The highest BCUT2D eigenvalue weighted by molar-refractivity contribution is 6.21. The molecule has 5 heteroatoms. The number of hydrogen-bond acceptors (Lipinski definition) is 3. The summed E-state index contributed by atoms with van der Waals surface area (Å²) in [4.78, 5) is 7.08. The molecule has 0 N–H and O–H groups in total. The zero-order valence-corrected chi connectivity index (χ0v) is 33.9. The minimum atomic E-state index is -2.73. The summed E-state index contributed by atoms with van der Waals surface area (Å²) >= 11 is 0. The van der Waals surface area contributed by atoms with Gasteiger partial charge in [-0.1, -0.05) is 133 Å². The van der Waals surface area contributed by atoms with Crippen LogP contribution in [-0.2, 0) is 6.67 Å². The molecule has 11 aromatic rings. The van der Waals surface area contributed by atoms with Gasteiger partial charge >= 0.3 is 0 Å². The molecule has 0 amide bonds. The average molecular weight is 807 g/mol. The van der Waals surface area contributed by atoms with Crippen LogP contribution in [0.3, 0.4) is 0 Å². The summed E-state index contributed by atoms with van der Waals surface area (Å²) in [5, 5.41) is 8.88. The molecule has 0 fully saturated rings. The van der Waals surface area contributed by atoms with Gasteiger partial charge in [-0.25, -0.2) is 4.98 Å². The summed E-state index contributed by atoms with van der Waals surface area (Å²) in [5.41, 5.74) is 7.71. The first-order valence-electron chi connectivity index (χ1n) is 24.6. The van der Waals surface area contributed by atoms with Gasteiger partial charge in [-0.15, -0.1) is 0 Å². The maximum absolute atomic E-state index is 8.62. The van der Waals surface area contributed by atoms with Crippen LogP contribution < -0.4 is 9.64 Å². The number of rotatable bonds is 5. The van der Waals surface area contributed by atoms with Gasteiger partial charge in [-0.05, 0) is 101 Å². The van der Waals surface area contributed by atoms with Crippen molar-refractivity contribution in [3.8, 4) is 28.4 Å². The summed E-state index contributed by atoms with van der Waals surface area (Å²) in [6, 6.07) is 49.0. The van der Waals surface area contributed by atoms with Crippen molar-refractivity contribution in [2.45, 2.75) is 27.4 Å². The minimum absolute atomic E-state index is 0.0572. The highest BCUT2D eigenvalue weighted by atomic mass is 16.5. The summed E-state index contributed by atoms with van der Waals surface area (Å²) < 4.78 is 78.6. The van der Waals surface area contributed by atoms with Crippen molar-refractivity contribution in [1.82, 2.24) is 14.1 Å². The second kappa shape index (κ2) is 14.1. The molecule has 5 nitrogen and oxygen atoms in total. The Hall–Kier alpha value is -7.89. The van der Waals surface area contributed by atoms with Crippen molar-refractivity contribution in [1.29, 1.82) is 0 Å². The van der Waals surface area contributed by atoms with Crippen LogP contribution in [0, 0.1) is 20.7 Å². The highest BCUT2D eigenvalue weighted by Crippen LogP contribution is 2.44. The molecule has 0 radical (unpaired) electrons. The SMILES string of the molecule is [2H]c1c([2H])c([2H])c(-c2cnc(-n3c4ccccc4c4ccc(Oc5cccc(N6Cn7c8c(C)cccc8c8cc(C)ccc8c8ccccc8c8cccc6c87)c5)cc43)cc2C([2H])([2H])[2H])c([2H])c1[2H]. The van der Waals surface area contributed by atoms with Gasteiger partial charge in [0.1, 0.15) is 24.0 Å². The van der Waals surface area contributed by atoms with E-state index >= 15 is 0 Å². The standard InChI is InChI=1S/C57H42N4O/c1-36-26-28-45-43-19-7-8-20-44(43)48-23-13-25-53-57(48)60(56-37(2)14-11-22-49(56)50(45)30-36)35-59(53)40-17-12-18-41(32-40)62-42-27-29-47-46-21-9-10-24-52(46)61(54(47)33-42)55-31-38(3)51(34-58-55)39-15-5-4-6-16-39/h4-34H,35H2,1-3H3/i3D3,4D,5D,6D,15D,16D. The lowest BCUT2D eigenvalue weighted by molar-refractivity contribution is 0.483. The number of ether oxygens (including phenoxy) is 1. The monoisotopic (exact) mass is 806 g/mol. The van der Waals surface area contributed by atoms with Crippen molar-refractivity contribution in [2.75, 3.05) is 4.90 Å². The number of nitrogens with zero attached hydrogens (tertiary/aromatic N) is 4. The number of pyridine rings is 1. The summed E-state index contributed by atoms with van der Waals surface area (Å²) in [5.74, 6) is 1.44. The zero-order chi connectivity index (χ0) is 48.3. The van der Waals surface area contributed by atoms with Gasteiger partial charge in [0, 0.05) is 55.2 Å². The molecule has 0 atom stereocenters. The van der Waals surface area contributed by atoms with Gasteiger partial charge in [0.2, 0.25) is 0 Å². The van der Waals surface area contributed by atoms with E-state index in [1.165, 1.54) is 55.8 Å². The van der Waals surface area contributed by atoms with Crippen LogP contribution >= 0.6 is 0 Å². The van der Waals surface area contributed by atoms with Gasteiger partial charge in [0.05, 0.1) is 34.6 Å². The molecule has 8 aromatic carbocycles. The van der Waals surface area contributed by atoms with E-state index in [0.29, 0.717) is 23.7 Å². The van der Waals surface area contributed by atoms with Gasteiger partial charge in [0.15, 0.2) is 0 Å². The van der Waals surface area contributed by atoms with Gasteiger partial charge in [-0.2, -0.15) is 0 Å². The molecule has 4 heterocycles. The van der Waals surface area contributed by atoms with Crippen LogP contribution in [0.2, 0.25) is 0 Å². The molecule has 3 aromatic heterocycles. The molecule has 0 bridgehead atoms. The predicted molar refractivity (Wildman–Crippen MR) is 259 cm³/mol. The zero-order valence-electron chi connectivity index (χ0n) is 41.9. The fraction of sp³-hybridized carbons (Fsp3) is 0.0702. The van der Waals surface area contributed by atoms with E-state index in [9.17, 15) is 0 Å². The number of para-hydroxylation sites is 3. The number of benzene rings is 8. The van der Waals surface area contributed by atoms with E-state index in [1.54, 1.807) is 0 Å². The Labute approximate surface area is 370 Å². The number of anilines is 2. The molecule has 0 saturated carbocycles. The Morgan fingerprint density at radius 2 is 1.26 bits per heavy atom. The van der Waals surface area contributed by atoms with Crippen molar-refractivity contribution in [3.05, 3.63) is 205 Å². The van der Waals surface area contributed by atoms with E-state index in [-0.39, 0.29) is 22.5 Å². The maximum atomic E-state index is 8.62. The Kier molecular flexibility index (Phi) is 6.50. The average Bonchev–Trinajstić information content (AvgIpc) is 3.91. The smallest absolute Gasteiger partial charge is 0.137 e. The molecule has 0 unspecified atom stereocenters. The molecular weight excluding hydrogens is 757 g/mol. The van der Waals surface area contributed by atoms with Gasteiger partial charge < -0.3 is 14.2 Å². The summed E-state index contributed by atoms with van der Waals surface area (Å²) in [7, 11) is 0. The molecule has 0 saturated heterocycles. The van der Waals surface area contributed by atoms with Crippen molar-refractivity contribution < 1.29 is 15.7 Å². The first kappa shape index (κ1) is 28.6. The number of aromatic nitrogens is 3. The largest absolute Gasteiger partial charge is 0.457 e. The van der Waals surface area contributed by atoms with Crippen LogP contribution in [-0.4, -0.2) is 14.1 Å². The lowest BCUT2D eigenvalue weighted by Gasteiger charge is -2.21. The normalized spacial score (nSPS) is 14.4. The first-order chi connectivity index (χ1) is 33.8. The molecule has 296 valence electrons. The Balaban J connectivity index is 0.985. The van der Waals surface area contributed by atoms with E-state index in [0.717, 1.165) is 38.6 Å². The van der Waals surface area contributed by atoms with Gasteiger partial charge in [0.25, 0.3) is 0 Å². The fourth-order valence-corrected chi connectivity index (χ4v) is 9.51. The van der Waals surface area contributed by atoms with Crippen LogP contribution in [0.15, 0.2) is 188 Å². The van der Waals surface area contributed by atoms with E-state index < -0.39 is 37.1 Å². The molecule has 1 aliphatic heterocycles. The first-order valence-corrected chi connectivity index (χ1v) is 20.6. The molecule has 62 heavy (non-hydrogen) atoms. The third-order valence-corrected chi connectivity index (χ3v) is 12.2. The van der Waals surface area contributed by atoms with Crippen molar-refractivity contribution in [3.63, 3.8) is 0 Å². The molecule has 12 rings (SSSR count). The van der Waals surface area contributed by atoms with E-state index in [1.807, 2.05) is 59.2 Å². The Morgan fingerprint density at radius 3 is 2.11 bits per heavy atom. The predicted octanol–water partition coefficient (Wildman–Crippen LogP) is 15.2. The van der Waals surface area contributed by atoms with Crippen LogP contribution in [0.5, 0.6) is 11.5 Å². The second-order valence-electron chi connectivity index (χ2n) is 16.0. The number of hydrogen-bond donors (Lipinski definition) is 0. The topological polar surface area (TPSA) is 35.2 Å². The third-order valence-electron chi connectivity index (χ3n) is 12.2. The Bertz CT molecular complexity index is 4090. The van der Waals surface area contributed by atoms with Gasteiger partial charge in [-0.3, -0.25) is 4.57 Å². The van der Waals surface area contributed by atoms with E-state index in [4.69, 9.17) is 20.7 Å². The summed E-state index contributed by atoms with van der Waals surface area (Å²) in [6.07, 6.45) is 1.29. The number of fused-ring (bicyclic) bond motifs is 10. The van der Waals surface area contributed by atoms with Crippen molar-refractivity contribution in [2.24, 2.45) is 0 Å². The quantitative estimate of drug-likeness (QED) is 0.174. The van der Waals surface area contributed by atoms with Crippen molar-refractivity contribution >= 4 is 76.5 Å². The minimum Gasteiger partial charge on any atom is -0.457 e. The fourth-order valence-electron chi connectivity index (χ4n) is 9.51. The Morgan fingerprint density at radius 1 is 0.565 bits per heavy atom. The maximum Gasteiger partial charge on any atom is 0.137 e. The summed E-state index contributed by atoms with van der Waals surface area (Å²) in [6.45, 7) is 2.17. The molecule has 0 spiro atoms.